The second-order valence-corrected chi connectivity index (χ2v) is 5.80. The third-order valence-electron chi connectivity index (χ3n) is 4.00. The van der Waals surface area contributed by atoms with E-state index in [2.05, 4.69) is 0 Å². The van der Waals surface area contributed by atoms with Crippen LogP contribution in [-0.2, 0) is 0 Å². The average molecular weight is 357 g/mol. The summed E-state index contributed by atoms with van der Waals surface area (Å²) in [7, 11) is 0. The van der Waals surface area contributed by atoms with Crippen LogP contribution in [0.1, 0.15) is 10.4 Å². The molecule has 0 atom stereocenters. The molecule has 0 aliphatic heterocycles. The molecule has 0 unspecified atom stereocenters. The first-order valence-electron chi connectivity index (χ1n) is 8.37. The number of hydrogen-bond donors (Lipinski definition) is 0. The number of hydrogen-bond acceptors (Lipinski definition) is 4. The lowest BCUT2D eigenvalue weighted by molar-refractivity contribution is 0.0966. The van der Waals surface area contributed by atoms with Gasteiger partial charge in [0.25, 0.3) is 5.91 Å². The van der Waals surface area contributed by atoms with E-state index in [0.29, 0.717) is 22.6 Å². The van der Waals surface area contributed by atoms with E-state index in [1.54, 1.807) is 30.3 Å². The molecule has 0 bridgehead atoms. The van der Waals surface area contributed by atoms with Crippen LogP contribution < -0.4 is 10.5 Å². The molecule has 5 heteroatoms. The lowest BCUT2D eigenvalue weighted by Crippen LogP contribution is -2.20. The maximum atomic E-state index is 12.6. The van der Waals surface area contributed by atoms with Gasteiger partial charge in [0.15, 0.2) is 5.58 Å². The maximum absolute atomic E-state index is 12.6. The van der Waals surface area contributed by atoms with E-state index in [9.17, 15) is 9.59 Å². The predicted octanol–water partition coefficient (Wildman–Crippen LogP) is 4.74. The molecule has 4 rings (SSSR count). The third kappa shape index (κ3) is 3.43. The van der Waals surface area contributed by atoms with Crippen molar-refractivity contribution in [2.75, 3.05) is 0 Å². The van der Waals surface area contributed by atoms with Gasteiger partial charge >= 0.3 is 5.76 Å². The zero-order valence-corrected chi connectivity index (χ0v) is 14.2. The minimum Gasteiger partial charge on any atom is -0.457 e. The highest BCUT2D eigenvalue weighted by atomic mass is 16.5. The van der Waals surface area contributed by atoms with Crippen LogP contribution in [0.2, 0.25) is 0 Å². The first-order valence-corrected chi connectivity index (χ1v) is 8.37. The van der Waals surface area contributed by atoms with Gasteiger partial charge in [-0.25, -0.2) is 9.36 Å². The van der Waals surface area contributed by atoms with Crippen LogP contribution in [0.25, 0.3) is 17.2 Å². The molecule has 0 radical (unpaired) electrons. The van der Waals surface area contributed by atoms with Crippen LogP contribution in [0.15, 0.2) is 94.2 Å². The molecule has 3 aromatic carbocycles. The molecule has 132 valence electrons. The second-order valence-electron chi connectivity index (χ2n) is 5.80. The Morgan fingerprint density at radius 1 is 0.889 bits per heavy atom. The molecule has 1 heterocycles. The van der Waals surface area contributed by atoms with Gasteiger partial charge in [0.2, 0.25) is 0 Å². The predicted molar refractivity (Wildman–Crippen MR) is 103 cm³/mol. The fourth-order valence-corrected chi connectivity index (χ4v) is 2.74. The van der Waals surface area contributed by atoms with E-state index >= 15 is 0 Å². The summed E-state index contributed by atoms with van der Waals surface area (Å²) in [6.07, 6.45) is 2.95. The number of fused-ring (bicyclic) bond motifs is 1. The first kappa shape index (κ1) is 16.6. The normalized spacial score (nSPS) is 11.1. The van der Waals surface area contributed by atoms with Crippen LogP contribution in [-0.4, -0.2) is 10.5 Å². The molecule has 0 fully saturated rings. The highest BCUT2D eigenvalue weighted by molar-refractivity contribution is 5.98. The minimum absolute atomic E-state index is 0.372. The van der Waals surface area contributed by atoms with Gasteiger partial charge in [-0.15, -0.1) is 0 Å². The zero-order chi connectivity index (χ0) is 18.6. The lowest BCUT2D eigenvalue weighted by atomic mass is 10.2. The van der Waals surface area contributed by atoms with E-state index in [0.717, 1.165) is 10.1 Å². The smallest absolute Gasteiger partial charge is 0.427 e. The van der Waals surface area contributed by atoms with Crippen LogP contribution in [0.5, 0.6) is 11.5 Å². The summed E-state index contributed by atoms with van der Waals surface area (Å²) >= 11 is 0. The number of aromatic nitrogens is 1. The van der Waals surface area contributed by atoms with E-state index < -0.39 is 11.7 Å². The van der Waals surface area contributed by atoms with Gasteiger partial charge < -0.3 is 9.15 Å². The van der Waals surface area contributed by atoms with Gasteiger partial charge in [0.1, 0.15) is 11.5 Å². The van der Waals surface area contributed by atoms with Crippen LogP contribution in [0.4, 0.5) is 0 Å². The molecule has 1 aromatic heterocycles. The summed E-state index contributed by atoms with van der Waals surface area (Å²) in [4.78, 5) is 24.6. The van der Waals surface area contributed by atoms with Crippen molar-refractivity contribution in [3.63, 3.8) is 0 Å². The number of nitrogens with zero attached hydrogens (tertiary/aromatic N) is 1. The first-order chi connectivity index (χ1) is 13.2. The molecular formula is C22H15NO4. The van der Waals surface area contributed by atoms with Crippen molar-refractivity contribution in [2.45, 2.75) is 0 Å². The van der Waals surface area contributed by atoms with Crippen LogP contribution >= 0.6 is 0 Å². The van der Waals surface area contributed by atoms with Crippen molar-refractivity contribution in [1.82, 2.24) is 4.57 Å². The lowest BCUT2D eigenvalue weighted by Gasteiger charge is -2.08. The van der Waals surface area contributed by atoms with Crippen molar-refractivity contribution in [3.8, 4) is 11.5 Å². The van der Waals surface area contributed by atoms with E-state index in [1.165, 1.54) is 6.08 Å². The van der Waals surface area contributed by atoms with Gasteiger partial charge in [-0.3, -0.25) is 4.79 Å². The van der Waals surface area contributed by atoms with Gasteiger partial charge in [0.05, 0.1) is 5.52 Å². The van der Waals surface area contributed by atoms with Crippen molar-refractivity contribution < 1.29 is 13.9 Å². The second kappa shape index (κ2) is 7.17. The number of benzene rings is 3. The Bertz CT molecular complexity index is 1190. The molecule has 0 saturated heterocycles. The highest BCUT2D eigenvalue weighted by Gasteiger charge is 2.13. The standard InChI is InChI=1S/C22H15NO4/c24-21(23-18-11-5-7-13-20(18)27-22(23)25)15-14-16-8-4-6-12-19(16)26-17-9-2-1-3-10-17/h1-15H. The molecule has 0 spiro atoms. The Morgan fingerprint density at radius 2 is 1.59 bits per heavy atom. The summed E-state index contributed by atoms with van der Waals surface area (Å²) in [6.45, 7) is 0. The molecule has 0 aliphatic rings. The average Bonchev–Trinajstić information content (AvgIpc) is 3.03. The van der Waals surface area contributed by atoms with Gasteiger partial charge in [-0.1, -0.05) is 48.5 Å². The number of ether oxygens (including phenoxy) is 1. The van der Waals surface area contributed by atoms with Crippen LogP contribution in [0.3, 0.4) is 0 Å². The third-order valence-corrected chi connectivity index (χ3v) is 4.00. The van der Waals surface area contributed by atoms with E-state index in [4.69, 9.17) is 9.15 Å². The van der Waals surface area contributed by atoms with Crippen molar-refractivity contribution >= 4 is 23.1 Å². The fraction of sp³-hybridized carbons (Fsp3) is 0. The summed E-state index contributed by atoms with van der Waals surface area (Å²) in [5.74, 6) is 0.109. The van der Waals surface area contributed by atoms with Gasteiger partial charge in [0, 0.05) is 11.6 Å². The number of para-hydroxylation sites is 4. The van der Waals surface area contributed by atoms with Crippen molar-refractivity contribution in [1.29, 1.82) is 0 Å². The van der Waals surface area contributed by atoms with Gasteiger partial charge in [-0.05, 0) is 36.4 Å². The number of carbonyl (C=O) groups is 1. The summed E-state index contributed by atoms with van der Waals surface area (Å²) in [5.41, 5.74) is 1.53. The highest BCUT2D eigenvalue weighted by Crippen LogP contribution is 2.26. The van der Waals surface area contributed by atoms with Crippen molar-refractivity contribution in [2.24, 2.45) is 0 Å². The topological polar surface area (TPSA) is 61.4 Å². The van der Waals surface area contributed by atoms with Crippen molar-refractivity contribution in [3.05, 3.63) is 101 Å². The maximum Gasteiger partial charge on any atom is 0.427 e. The largest absolute Gasteiger partial charge is 0.457 e. The molecule has 0 saturated carbocycles. The zero-order valence-electron chi connectivity index (χ0n) is 14.2. The Kier molecular flexibility index (Phi) is 4.41. The summed E-state index contributed by atoms with van der Waals surface area (Å²) < 4.78 is 12.0. The molecule has 0 amide bonds. The molecule has 0 N–H and O–H groups in total. The van der Waals surface area contributed by atoms with E-state index in [-0.39, 0.29) is 0 Å². The number of carbonyl (C=O) groups excluding carboxylic acids is 1. The molecule has 4 aromatic rings. The molecule has 0 aliphatic carbocycles. The Morgan fingerprint density at radius 3 is 2.44 bits per heavy atom. The minimum atomic E-state index is -0.709. The summed E-state index contributed by atoms with van der Waals surface area (Å²) in [5, 5.41) is 0. The SMILES string of the molecule is O=C(C=Cc1ccccc1Oc1ccccc1)n1c(=O)oc2ccccc21. The van der Waals surface area contributed by atoms with Crippen LogP contribution in [0, 0.1) is 0 Å². The summed E-state index contributed by atoms with van der Waals surface area (Å²) in [6, 6.07) is 23.5. The molecule has 27 heavy (non-hydrogen) atoms. The fourth-order valence-electron chi connectivity index (χ4n) is 2.74. The molecule has 5 nitrogen and oxygen atoms in total. The quantitative estimate of drug-likeness (QED) is 0.495. The molecular weight excluding hydrogens is 342 g/mol. The Balaban J connectivity index is 1.64. The Labute approximate surface area is 154 Å². The number of rotatable bonds is 4. The van der Waals surface area contributed by atoms with E-state index in [1.807, 2.05) is 54.6 Å². The Hall–Kier alpha value is -3.86. The van der Waals surface area contributed by atoms with Gasteiger partial charge in [-0.2, -0.15) is 0 Å². The number of oxazole rings is 1. The monoisotopic (exact) mass is 357 g/mol. The number of allylic oxidation sites excluding steroid dienone is 1.